The Morgan fingerprint density at radius 1 is 1.42 bits per heavy atom. The number of rotatable bonds is 2. The minimum Gasteiger partial charge on any atom is -0.508 e. The smallest absolute Gasteiger partial charge is 0.256 e. The molecule has 1 aromatic rings. The van der Waals surface area contributed by atoms with E-state index in [4.69, 9.17) is 5.73 Å². The molecule has 0 aromatic heterocycles. The molecular formula is C15H22N2O2. The summed E-state index contributed by atoms with van der Waals surface area (Å²) in [7, 11) is 1.83. The Morgan fingerprint density at radius 2 is 2.16 bits per heavy atom. The van der Waals surface area contributed by atoms with E-state index in [9.17, 15) is 9.90 Å². The van der Waals surface area contributed by atoms with E-state index in [0.29, 0.717) is 17.2 Å². The molecule has 1 amide bonds. The Bertz CT molecular complexity index is 473. The van der Waals surface area contributed by atoms with Crippen LogP contribution >= 0.6 is 0 Å². The largest absolute Gasteiger partial charge is 0.508 e. The van der Waals surface area contributed by atoms with E-state index in [1.165, 1.54) is 25.0 Å². The van der Waals surface area contributed by atoms with Gasteiger partial charge in [0.15, 0.2) is 0 Å². The fourth-order valence-electron chi connectivity index (χ4n) is 2.84. The van der Waals surface area contributed by atoms with Gasteiger partial charge in [-0.2, -0.15) is 0 Å². The van der Waals surface area contributed by atoms with E-state index >= 15 is 0 Å². The molecule has 4 heteroatoms. The van der Waals surface area contributed by atoms with Crippen LogP contribution < -0.4 is 5.73 Å². The lowest BCUT2D eigenvalue weighted by molar-refractivity contribution is 0.0673. The number of carbonyl (C=O) groups excluding carboxylic acids is 1. The molecule has 104 valence electrons. The van der Waals surface area contributed by atoms with Crippen LogP contribution in [0.25, 0.3) is 0 Å². The van der Waals surface area contributed by atoms with Crippen LogP contribution in [0.1, 0.15) is 43.0 Å². The normalized spacial score (nSPS) is 23.1. The topological polar surface area (TPSA) is 66.6 Å². The quantitative estimate of drug-likeness (QED) is 0.636. The average Bonchev–Trinajstić information content (AvgIpc) is 2.40. The predicted octanol–water partition coefficient (Wildman–Crippen LogP) is 2.63. The molecule has 1 aliphatic carbocycles. The second-order valence-corrected chi connectivity index (χ2v) is 5.61. The fraction of sp³-hybridized carbons (Fsp3) is 0.533. The van der Waals surface area contributed by atoms with Crippen LogP contribution in [0.2, 0.25) is 0 Å². The van der Waals surface area contributed by atoms with Gasteiger partial charge in [0.25, 0.3) is 5.91 Å². The summed E-state index contributed by atoms with van der Waals surface area (Å²) in [5.41, 5.74) is 6.63. The number of aromatic hydroxyl groups is 1. The Balaban J connectivity index is 2.16. The van der Waals surface area contributed by atoms with Crippen LogP contribution in [-0.2, 0) is 0 Å². The first-order chi connectivity index (χ1) is 8.99. The molecule has 1 aliphatic rings. The number of phenols is 1. The summed E-state index contributed by atoms with van der Waals surface area (Å²) < 4.78 is 0. The van der Waals surface area contributed by atoms with Gasteiger partial charge in [-0.25, -0.2) is 0 Å². The molecule has 1 aromatic carbocycles. The molecule has 2 atom stereocenters. The van der Waals surface area contributed by atoms with Gasteiger partial charge in [0.1, 0.15) is 5.75 Å². The first kappa shape index (κ1) is 13.7. The number of carbonyl (C=O) groups is 1. The molecular weight excluding hydrogens is 240 g/mol. The zero-order valence-electron chi connectivity index (χ0n) is 11.6. The monoisotopic (exact) mass is 262 g/mol. The molecule has 19 heavy (non-hydrogen) atoms. The van der Waals surface area contributed by atoms with E-state index in [2.05, 4.69) is 6.92 Å². The van der Waals surface area contributed by atoms with Gasteiger partial charge in [-0.05, 0) is 37.0 Å². The van der Waals surface area contributed by atoms with Crippen molar-refractivity contribution in [1.29, 1.82) is 0 Å². The maximum Gasteiger partial charge on any atom is 0.256 e. The molecule has 0 heterocycles. The van der Waals surface area contributed by atoms with Crippen LogP contribution in [-0.4, -0.2) is 29.0 Å². The number of anilines is 1. The van der Waals surface area contributed by atoms with Gasteiger partial charge < -0.3 is 15.7 Å². The van der Waals surface area contributed by atoms with Crippen LogP contribution in [0, 0.1) is 5.92 Å². The van der Waals surface area contributed by atoms with Crippen LogP contribution in [0.4, 0.5) is 5.69 Å². The van der Waals surface area contributed by atoms with Gasteiger partial charge >= 0.3 is 0 Å². The Morgan fingerprint density at radius 3 is 2.84 bits per heavy atom. The molecule has 1 fully saturated rings. The van der Waals surface area contributed by atoms with Crippen molar-refractivity contribution in [2.24, 2.45) is 5.92 Å². The fourth-order valence-corrected chi connectivity index (χ4v) is 2.84. The van der Waals surface area contributed by atoms with E-state index in [-0.39, 0.29) is 17.7 Å². The highest BCUT2D eigenvalue weighted by molar-refractivity contribution is 5.99. The van der Waals surface area contributed by atoms with Gasteiger partial charge in [-0.15, -0.1) is 0 Å². The summed E-state index contributed by atoms with van der Waals surface area (Å²) in [6.07, 6.45) is 4.50. The standard InChI is InChI=1S/C15H22N2O2/c1-10-4-3-5-11(8-10)17(2)15(19)13-9-12(18)6-7-14(13)16/h6-7,9-11,18H,3-5,8,16H2,1-2H3. The first-order valence-corrected chi connectivity index (χ1v) is 6.84. The van der Waals surface area contributed by atoms with Crippen molar-refractivity contribution < 1.29 is 9.90 Å². The molecule has 2 rings (SSSR count). The minimum atomic E-state index is -0.104. The molecule has 0 aliphatic heterocycles. The number of nitrogens with zero attached hydrogens (tertiary/aromatic N) is 1. The summed E-state index contributed by atoms with van der Waals surface area (Å²) in [5.74, 6) is 0.631. The Hall–Kier alpha value is -1.71. The van der Waals surface area contributed by atoms with Crippen LogP contribution in [0.3, 0.4) is 0 Å². The molecule has 3 N–H and O–H groups in total. The SMILES string of the molecule is CC1CCCC(N(C)C(=O)c2cc(O)ccc2N)C1. The second-order valence-electron chi connectivity index (χ2n) is 5.61. The third-order valence-electron chi connectivity index (χ3n) is 4.04. The molecule has 0 radical (unpaired) electrons. The summed E-state index contributed by atoms with van der Waals surface area (Å²) in [5, 5.41) is 9.49. The Kier molecular flexibility index (Phi) is 3.98. The van der Waals surface area contributed by atoms with Crippen molar-refractivity contribution >= 4 is 11.6 Å². The number of amides is 1. The molecule has 0 bridgehead atoms. The van der Waals surface area contributed by atoms with Crippen molar-refractivity contribution in [2.45, 2.75) is 38.6 Å². The summed E-state index contributed by atoms with van der Waals surface area (Å²) in [6, 6.07) is 4.78. The van der Waals surface area contributed by atoms with E-state index < -0.39 is 0 Å². The number of benzene rings is 1. The average molecular weight is 262 g/mol. The Labute approximate surface area is 114 Å². The van der Waals surface area contributed by atoms with E-state index in [1.807, 2.05) is 7.05 Å². The highest BCUT2D eigenvalue weighted by Gasteiger charge is 2.26. The maximum atomic E-state index is 12.5. The number of hydrogen-bond acceptors (Lipinski definition) is 3. The highest BCUT2D eigenvalue weighted by Crippen LogP contribution is 2.28. The van der Waals surface area contributed by atoms with Crippen LogP contribution in [0.5, 0.6) is 5.75 Å². The van der Waals surface area contributed by atoms with E-state index in [0.717, 1.165) is 12.8 Å². The number of phenolic OH excluding ortho intramolecular Hbond substituents is 1. The van der Waals surface area contributed by atoms with Crippen molar-refractivity contribution in [2.75, 3.05) is 12.8 Å². The summed E-state index contributed by atoms with van der Waals surface area (Å²) in [4.78, 5) is 14.2. The lowest BCUT2D eigenvalue weighted by atomic mass is 9.86. The highest BCUT2D eigenvalue weighted by atomic mass is 16.3. The van der Waals surface area contributed by atoms with E-state index in [1.54, 1.807) is 11.0 Å². The minimum absolute atomic E-state index is 0.0722. The zero-order chi connectivity index (χ0) is 14.0. The third kappa shape index (κ3) is 3.00. The molecule has 0 saturated heterocycles. The van der Waals surface area contributed by atoms with Crippen molar-refractivity contribution in [3.8, 4) is 5.75 Å². The molecule has 0 spiro atoms. The lowest BCUT2D eigenvalue weighted by Crippen LogP contribution is -2.40. The van der Waals surface area contributed by atoms with Crippen molar-refractivity contribution in [1.82, 2.24) is 4.90 Å². The summed E-state index contributed by atoms with van der Waals surface area (Å²) >= 11 is 0. The molecule has 1 saturated carbocycles. The number of hydrogen-bond donors (Lipinski definition) is 2. The third-order valence-corrected chi connectivity index (χ3v) is 4.04. The van der Waals surface area contributed by atoms with Gasteiger partial charge in [0.2, 0.25) is 0 Å². The molecule has 2 unspecified atom stereocenters. The van der Waals surface area contributed by atoms with Gasteiger partial charge in [-0.3, -0.25) is 4.79 Å². The summed E-state index contributed by atoms with van der Waals surface area (Å²) in [6.45, 7) is 2.23. The predicted molar refractivity (Wildman–Crippen MR) is 76.0 cm³/mol. The van der Waals surface area contributed by atoms with Crippen molar-refractivity contribution in [3.05, 3.63) is 23.8 Å². The number of nitrogens with two attached hydrogens (primary N) is 1. The number of nitrogen functional groups attached to an aromatic ring is 1. The van der Waals surface area contributed by atoms with Gasteiger partial charge in [-0.1, -0.05) is 19.8 Å². The zero-order valence-corrected chi connectivity index (χ0v) is 11.6. The lowest BCUT2D eigenvalue weighted by Gasteiger charge is -2.34. The second kappa shape index (κ2) is 5.51. The van der Waals surface area contributed by atoms with Gasteiger partial charge in [0.05, 0.1) is 5.56 Å². The molecule has 4 nitrogen and oxygen atoms in total. The maximum absolute atomic E-state index is 12.5. The van der Waals surface area contributed by atoms with Crippen LogP contribution in [0.15, 0.2) is 18.2 Å². The first-order valence-electron chi connectivity index (χ1n) is 6.84. The van der Waals surface area contributed by atoms with Gasteiger partial charge in [0, 0.05) is 18.8 Å². The van der Waals surface area contributed by atoms with Crippen molar-refractivity contribution in [3.63, 3.8) is 0 Å².